The Morgan fingerprint density at radius 1 is 0.750 bits per heavy atom. The summed E-state index contributed by atoms with van der Waals surface area (Å²) in [6.07, 6.45) is 6.45. The lowest BCUT2D eigenvalue weighted by atomic mass is 10.1. The molecule has 0 fully saturated rings. The van der Waals surface area contributed by atoms with Gasteiger partial charge >= 0.3 is 24.0 Å². The number of esters is 2. The highest BCUT2D eigenvalue weighted by Crippen LogP contribution is 2.27. The number of nitrogens with two attached hydrogens (primary N) is 1. The van der Waals surface area contributed by atoms with Crippen LogP contribution in [0.3, 0.4) is 0 Å². The largest absolute Gasteiger partial charge is 0.471 e. The molecule has 0 aliphatic carbocycles. The van der Waals surface area contributed by atoms with E-state index in [1.54, 1.807) is 5.32 Å². The van der Waals surface area contributed by atoms with Crippen LogP contribution in [0, 0.1) is 0 Å². The van der Waals surface area contributed by atoms with Crippen molar-refractivity contribution in [3.63, 3.8) is 0 Å². The van der Waals surface area contributed by atoms with Crippen LogP contribution in [-0.2, 0) is 14.3 Å². The van der Waals surface area contributed by atoms with Gasteiger partial charge in [-0.3, -0.25) is 4.79 Å². The maximum atomic E-state index is 12.8. The summed E-state index contributed by atoms with van der Waals surface area (Å²) in [5.41, 5.74) is 4.55. The lowest BCUT2D eigenvalue weighted by Crippen LogP contribution is -2.31. The number of carbonyl (C=O) groups is 3. The fourth-order valence-electron chi connectivity index (χ4n) is 3.51. The zero-order valence-electron chi connectivity index (χ0n) is 21.3. The molecule has 0 aliphatic heterocycles. The first-order chi connectivity index (χ1) is 17.1. The normalized spacial score (nSPS) is 11.2. The second kappa shape index (κ2) is 16.8. The van der Waals surface area contributed by atoms with Gasteiger partial charge in [-0.25, -0.2) is 9.59 Å². The van der Waals surface area contributed by atoms with Gasteiger partial charge in [0.15, 0.2) is 0 Å². The van der Waals surface area contributed by atoms with Crippen LogP contribution in [0.5, 0.6) is 0 Å². The van der Waals surface area contributed by atoms with Crippen LogP contribution >= 0.6 is 0 Å². The van der Waals surface area contributed by atoms with Crippen LogP contribution in [0.1, 0.15) is 112 Å². The average molecular weight is 517 g/mol. The van der Waals surface area contributed by atoms with E-state index in [9.17, 15) is 27.6 Å². The van der Waals surface area contributed by atoms with Gasteiger partial charge in [-0.05, 0) is 25.0 Å². The Hall–Kier alpha value is -2.78. The standard InChI is InChI=1S/C26H39F3N2O5/c1-3-5-7-9-11-13-15-35-23(32)19-17-20(24(33)36-16-14-12-10-8-6-4-2)22(18-21(19)30)31-25(34)26(27,28)29/h17-18H,3-16,30H2,1-2H3,(H,31,34). The van der Waals surface area contributed by atoms with Gasteiger partial charge < -0.3 is 20.5 Å². The van der Waals surface area contributed by atoms with E-state index in [2.05, 4.69) is 13.8 Å². The summed E-state index contributed by atoms with van der Waals surface area (Å²) in [4.78, 5) is 36.7. The van der Waals surface area contributed by atoms with E-state index in [0.717, 1.165) is 76.3 Å². The number of hydrogen-bond donors (Lipinski definition) is 2. The summed E-state index contributed by atoms with van der Waals surface area (Å²) in [7, 11) is 0. The Morgan fingerprint density at radius 3 is 1.67 bits per heavy atom. The van der Waals surface area contributed by atoms with Crippen LogP contribution in [0.25, 0.3) is 0 Å². The van der Waals surface area contributed by atoms with Crippen molar-refractivity contribution in [3.8, 4) is 0 Å². The molecule has 0 bridgehead atoms. The maximum absolute atomic E-state index is 12.8. The van der Waals surface area contributed by atoms with E-state index < -0.39 is 35.3 Å². The van der Waals surface area contributed by atoms with E-state index in [-0.39, 0.29) is 24.5 Å². The van der Waals surface area contributed by atoms with E-state index >= 15 is 0 Å². The number of rotatable bonds is 17. The lowest BCUT2D eigenvalue weighted by molar-refractivity contribution is -0.167. The number of hydrogen-bond acceptors (Lipinski definition) is 6. The fourth-order valence-corrected chi connectivity index (χ4v) is 3.51. The SMILES string of the molecule is CCCCCCCCOC(=O)c1cc(C(=O)OCCCCCCCC)c(NC(=O)C(F)(F)F)cc1N. The first kappa shape index (κ1) is 31.3. The summed E-state index contributed by atoms with van der Waals surface area (Å²) >= 11 is 0. The molecule has 1 rings (SSSR count). The molecule has 1 amide bonds. The fraction of sp³-hybridized carbons (Fsp3) is 0.654. The molecule has 3 N–H and O–H groups in total. The van der Waals surface area contributed by atoms with Crippen molar-refractivity contribution in [2.45, 2.75) is 97.1 Å². The third-order valence-corrected chi connectivity index (χ3v) is 5.60. The number of halogens is 3. The monoisotopic (exact) mass is 516 g/mol. The van der Waals surface area contributed by atoms with Gasteiger partial charge in [0.1, 0.15) is 0 Å². The molecule has 0 atom stereocenters. The highest BCUT2D eigenvalue weighted by atomic mass is 19.4. The molecule has 1 aromatic rings. The third kappa shape index (κ3) is 11.8. The highest BCUT2D eigenvalue weighted by Gasteiger charge is 2.39. The van der Waals surface area contributed by atoms with Crippen LogP contribution < -0.4 is 11.1 Å². The van der Waals surface area contributed by atoms with E-state index in [0.29, 0.717) is 12.8 Å². The van der Waals surface area contributed by atoms with Gasteiger partial charge in [0.05, 0.1) is 30.0 Å². The van der Waals surface area contributed by atoms with Gasteiger partial charge in [-0.2, -0.15) is 13.2 Å². The summed E-state index contributed by atoms with van der Waals surface area (Å²) < 4.78 is 48.8. The van der Waals surface area contributed by atoms with E-state index in [1.807, 2.05) is 0 Å². The predicted molar refractivity (Wildman–Crippen MR) is 133 cm³/mol. The summed E-state index contributed by atoms with van der Waals surface area (Å²) in [5.74, 6) is -4.05. The van der Waals surface area contributed by atoms with Gasteiger partial charge in [0.25, 0.3) is 0 Å². The van der Waals surface area contributed by atoms with Crippen molar-refractivity contribution >= 4 is 29.2 Å². The Bertz CT molecular complexity index is 844. The molecule has 10 heteroatoms. The zero-order chi connectivity index (χ0) is 27.0. The summed E-state index contributed by atoms with van der Waals surface area (Å²) in [6, 6.07) is 1.95. The number of unbranched alkanes of at least 4 members (excludes halogenated alkanes) is 10. The molecule has 1 aromatic carbocycles. The minimum Gasteiger partial charge on any atom is -0.462 e. The average Bonchev–Trinajstić information content (AvgIpc) is 2.82. The van der Waals surface area contributed by atoms with Crippen LogP contribution in [0.4, 0.5) is 24.5 Å². The Morgan fingerprint density at radius 2 is 1.19 bits per heavy atom. The van der Waals surface area contributed by atoms with Crippen LogP contribution in [0.15, 0.2) is 12.1 Å². The van der Waals surface area contributed by atoms with Crippen LogP contribution in [0.2, 0.25) is 0 Å². The Kier molecular flexibility index (Phi) is 14.6. The van der Waals surface area contributed by atoms with Gasteiger partial charge in [-0.15, -0.1) is 0 Å². The number of amides is 1. The Labute approximate surface area is 211 Å². The van der Waals surface area contributed by atoms with Gasteiger partial charge in [-0.1, -0.05) is 78.1 Å². The molecule has 0 saturated heterocycles. The minimum atomic E-state index is -5.18. The molecule has 7 nitrogen and oxygen atoms in total. The number of alkyl halides is 3. The minimum absolute atomic E-state index is 0.0554. The van der Waals surface area contributed by atoms with Crippen molar-refractivity contribution < 1.29 is 37.0 Å². The molecule has 0 saturated carbocycles. The molecule has 0 spiro atoms. The Balaban J connectivity index is 2.89. The topological polar surface area (TPSA) is 108 Å². The maximum Gasteiger partial charge on any atom is 0.471 e. The first-order valence-corrected chi connectivity index (χ1v) is 12.8. The quantitative estimate of drug-likeness (QED) is 0.134. The second-order valence-corrected chi connectivity index (χ2v) is 8.74. The molecular formula is C26H39F3N2O5. The third-order valence-electron chi connectivity index (χ3n) is 5.60. The summed E-state index contributed by atoms with van der Waals surface area (Å²) in [6.45, 7) is 4.42. The number of benzene rings is 1. The molecule has 36 heavy (non-hydrogen) atoms. The van der Waals surface area contributed by atoms with Crippen molar-refractivity contribution in [1.82, 2.24) is 0 Å². The molecule has 0 heterocycles. The van der Waals surface area contributed by atoms with Crippen molar-refractivity contribution in [2.24, 2.45) is 0 Å². The summed E-state index contributed by atoms with van der Waals surface area (Å²) in [5, 5.41) is 1.64. The van der Waals surface area contributed by atoms with E-state index in [1.165, 1.54) is 0 Å². The smallest absolute Gasteiger partial charge is 0.462 e. The number of anilines is 2. The second-order valence-electron chi connectivity index (χ2n) is 8.74. The van der Waals surface area contributed by atoms with Crippen molar-refractivity contribution in [3.05, 3.63) is 23.3 Å². The molecule has 0 unspecified atom stereocenters. The van der Waals surface area contributed by atoms with E-state index in [4.69, 9.17) is 15.2 Å². The number of nitrogen functional groups attached to an aromatic ring is 1. The predicted octanol–water partition coefficient (Wildman–Crippen LogP) is 6.80. The number of nitrogens with one attached hydrogen (secondary N) is 1. The van der Waals surface area contributed by atoms with Crippen molar-refractivity contribution in [2.75, 3.05) is 24.3 Å². The van der Waals surface area contributed by atoms with Crippen LogP contribution in [-0.4, -0.2) is 37.2 Å². The zero-order valence-corrected chi connectivity index (χ0v) is 21.3. The molecule has 204 valence electrons. The lowest BCUT2D eigenvalue weighted by Gasteiger charge is -2.15. The molecule has 0 aromatic heterocycles. The molecule has 0 radical (unpaired) electrons. The van der Waals surface area contributed by atoms with Gasteiger partial charge in [0.2, 0.25) is 0 Å². The van der Waals surface area contributed by atoms with Crippen molar-refractivity contribution in [1.29, 1.82) is 0 Å². The highest BCUT2D eigenvalue weighted by molar-refractivity contribution is 6.07. The number of ether oxygens (including phenoxy) is 2. The molecule has 0 aliphatic rings. The first-order valence-electron chi connectivity index (χ1n) is 12.8. The van der Waals surface area contributed by atoms with Gasteiger partial charge in [0, 0.05) is 5.69 Å². The number of carbonyl (C=O) groups excluding carboxylic acids is 3. The molecular weight excluding hydrogens is 477 g/mol.